The molecule has 0 saturated heterocycles. The second-order valence-electron chi connectivity index (χ2n) is 6.74. The molecule has 2 aromatic carbocycles. The summed E-state index contributed by atoms with van der Waals surface area (Å²) in [7, 11) is 0. The standard InChI is InChI=1S/C23H21FN2.ClH/c1-16-17(2)26(15-19-8-10-20(24)11-9-19)23-21(16)12-13-25-22(23)14-18-6-4-3-5-7-18;/h3-13H,14-15H2,1-2H3;1H. The lowest BCUT2D eigenvalue weighted by atomic mass is 10.1. The van der Waals surface area contributed by atoms with Gasteiger partial charge in [-0.1, -0.05) is 42.5 Å². The molecule has 2 heterocycles. The van der Waals surface area contributed by atoms with Crippen molar-refractivity contribution in [2.24, 2.45) is 0 Å². The molecule has 0 aliphatic rings. The first kappa shape index (κ1) is 19.1. The Morgan fingerprint density at radius 3 is 2.30 bits per heavy atom. The van der Waals surface area contributed by atoms with Crippen molar-refractivity contribution < 1.29 is 4.39 Å². The van der Waals surface area contributed by atoms with Crippen LogP contribution in [0.15, 0.2) is 66.9 Å². The molecule has 0 unspecified atom stereocenters. The number of aryl methyl sites for hydroxylation is 1. The SMILES string of the molecule is Cc1c(C)n(Cc2ccc(F)cc2)c2c(Cc3ccccc3)nccc12.Cl. The summed E-state index contributed by atoms with van der Waals surface area (Å²) in [6.45, 7) is 5.01. The van der Waals surface area contributed by atoms with Gasteiger partial charge in [-0.3, -0.25) is 4.98 Å². The van der Waals surface area contributed by atoms with Crippen molar-refractivity contribution in [1.29, 1.82) is 0 Å². The quantitative estimate of drug-likeness (QED) is 0.434. The maximum absolute atomic E-state index is 13.3. The second kappa shape index (κ2) is 7.93. The van der Waals surface area contributed by atoms with E-state index in [1.165, 1.54) is 39.9 Å². The molecule has 2 nitrogen and oxygen atoms in total. The van der Waals surface area contributed by atoms with E-state index in [2.05, 4.69) is 48.7 Å². The van der Waals surface area contributed by atoms with Gasteiger partial charge in [0, 0.05) is 30.2 Å². The lowest BCUT2D eigenvalue weighted by Gasteiger charge is -2.12. The third-order valence-electron chi connectivity index (χ3n) is 5.09. The van der Waals surface area contributed by atoms with Crippen LogP contribution in [0.1, 0.15) is 28.1 Å². The van der Waals surface area contributed by atoms with Crippen LogP contribution in [0.4, 0.5) is 4.39 Å². The minimum Gasteiger partial charge on any atom is -0.339 e. The second-order valence-corrected chi connectivity index (χ2v) is 6.74. The third kappa shape index (κ3) is 3.74. The van der Waals surface area contributed by atoms with Crippen molar-refractivity contribution in [2.45, 2.75) is 26.8 Å². The average Bonchev–Trinajstić information content (AvgIpc) is 2.90. The van der Waals surface area contributed by atoms with Crippen LogP contribution in [0.25, 0.3) is 10.9 Å². The first-order chi connectivity index (χ1) is 12.6. The van der Waals surface area contributed by atoms with E-state index < -0.39 is 0 Å². The summed E-state index contributed by atoms with van der Waals surface area (Å²) in [6, 6.07) is 19.2. The van der Waals surface area contributed by atoms with Crippen LogP contribution in [-0.4, -0.2) is 9.55 Å². The average molecular weight is 381 g/mol. The van der Waals surface area contributed by atoms with Gasteiger partial charge >= 0.3 is 0 Å². The molecule has 0 fully saturated rings. The van der Waals surface area contributed by atoms with E-state index in [0.29, 0.717) is 6.54 Å². The van der Waals surface area contributed by atoms with E-state index in [-0.39, 0.29) is 18.2 Å². The maximum atomic E-state index is 13.3. The molecule has 0 N–H and O–H groups in total. The van der Waals surface area contributed by atoms with Gasteiger partial charge in [-0.25, -0.2) is 4.39 Å². The van der Waals surface area contributed by atoms with Gasteiger partial charge in [0.15, 0.2) is 0 Å². The topological polar surface area (TPSA) is 17.8 Å². The van der Waals surface area contributed by atoms with Crippen LogP contribution < -0.4 is 0 Å². The lowest BCUT2D eigenvalue weighted by molar-refractivity contribution is 0.626. The van der Waals surface area contributed by atoms with Crippen LogP contribution >= 0.6 is 12.4 Å². The van der Waals surface area contributed by atoms with Crippen LogP contribution in [0.5, 0.6) is 0 Å². The van der Waals surface area contributed by atoms with Gasteiger partial charge in [0.05, 0.1) is 11.2 Å². The van der Waals surface area contributed by atoms with Crippen molar-refractivity contribution in [3.8, 4) is 0 Å². The minimum absolute atomic E-state index is 0. The molecule has 0 bridgehead atoms. The van der Waals surface area contributed by atoms with Crippen molar-refractivity contribution >= 4 is 23.3 Å². The van der Waals surface area contributed by atoms with Gasteiger partial charge in [-0.05, 0) is 48.7 Å². The van der Waals surface area contributed by atoms with E-state index in [1.54, 1.807) is 0 Å². The van der Waals surface area contributed by atoms with Crippen LogP contribution in [-0.2, 0) is 13.0 Å². The first-order valence-electron chi connectivity index (χ1n) is 8.85. The third-order valence-corrected chi connectivity index (χ3v) is 5.09. The summed E-state index contributed by atoms with van der Waals surface area (Å²) < 4.78 is 15.6. The van der Waals surface area contributed by atoms with Crippen molar-refractivity contribution in [3.63, 3.8) is 0 Å². The molecule has 0 aliphatic carbocycles. The number of rotatable bonds is 4. The molecule has 0 atom stereocenters. The number of hydrogen-bond acceptors (Lipinski definition) is 1. The fourth-order valence-corrected chi connectivity index (χ4v) is 3.55. The fraction of sp³-hybridized carbons (Fsp3) is 0.174. The Balaban J connectivity index is 0.00000210. The van der Waals surface area contributed by atoms with Gasteiger partial charge in [0.1, 0.15) is 5.82 Å². The lowest BCUT2D eigenvalue weighted by Crippen LogP contribution is -2.05. The van der Waals surface area contributed by atoms with Gasteiger partial charge in [-0.15, -0.1) is 12.4 Å². The molecular weight excluding hydrogens is 359 g/mol. The van der Waals surface area contributed by atoms with E-state index in [9.17, 15) is 4.39 Å². The molecule has 4 heteroatoms. The molecule has 27 heavy (non-hydrogen) atoms. The normalized spacial score (nSPS) is 10.8. The van der Waals surface area contributed by atoms with E-state index in [4.69, 9.17) is 4.98 Å². The highest BCUT2D eigenvalue weighted by Crippen LogP contribution is 2.29. The summed E-state index contributed by atoms with van der Waals surface area (Å²) in [4.78, 5) is 4.69. The monoisotopic (exact) mass is 380 g/mol. The zero-order chi connectivity index (χ0) is 18.1. The van der Waals surface area contributed by atoms with Crippen LogP contribution in [0.2, 0.25) is 0 Å². The number of fused-ring (bicyclic) bond motifs is 1. The Kier molecular flexibility index (Phi) is 5.62. The molecular formula is C23H22ClFN2. The molecule has 0 radical (unpaired) electrons. The highest BCUT2D eigenvalue weighted by Gasteiger charge is 2.15. The number of hydrogen-bond donors (Lipinski definition) is 0. The number of nitrogens with zero attached hydrogens (tertiary/aromatic N) is 2. The maximum Gasteiger partial charge on any atom is 0.123 e. The van der Waals surface area contributed by atoms with Crippen LogP contribution in [0, 0.1) is 19.7 Å². The van der Waals surface area contributed by atoms with E-state index in [0.717, 1.165) is 17.7 Å². The molecule has 4 aromatic rings. The van der Waals surface area contributed by atoms with E-state index >= 15 is 0 Å². The van der Waals surface area contributed by atoms with Gasteiger partial charge < -0.3 is 4.57 Å². The minimum atomic E-state index is -0.203. The Morgan fingerprint density at radius 2 is 1.59 bits per heavy atom. The van der Waals surface area contributed by atoms with Crippen molar-refractivity contribution in [3.05, 3.63) is 101 Å². The van der Waals surface area contributed by atoms with Crippen LogP contribution in [0.3, 0.4) is 0 Å². The molecule has 2 aromatic heterocycles. The Bertz CT molecular complexity index is 1050. The summed E-state index contributed by atoms with van der Waals surface area (Å²) >= 11 is 0. The molecule has 0 saturated carbocycles. The summed E-state index contributed by atoms with van der Waals surface area (Å²) in [6.07, 6.45) is 2.69. The highest BCUT2D eigenvalue weighted by molar-refractivity contribution is 5.87. The number of aromatic nitrogens is 2. The fourth-order valence-electron chi connectivity index (χ4n) is 3.55. The summed E-state index contributed by atoms with van der Waals surface area (Å²) in [5.41, 5.74) is 7.09. The Labute approximate surface area is 165 Å². The predicted octanol–water partition coefficient (Wildman–Crippen LogP) is 5.85. The van der Waals surface area contributed by atoms with Crippen molar-refractivity contribution in [2.75, 3.05) is 0 Å². The smallest absolute Gasteiger partial charge is 0.123 e. The number of benzene rings is 2. The zero-order valence-electron chi connectivity index (χ0n) is 15.4. The Hall–Kier alpha value is -2.65. The molecule has 138 valence electrons. The number of halogens is 2. The largest absolute Gasteiger partial charge is 0.339 e. The summed E-state index contributed by atoms with van der Waals surface area (Å²) in [5.74, 6) is -0.203. The zero-order valence-corrected chi connectivity index (χ0v) is 16.3. The molecule has 4 rings (SSSR count). The summed E-state index contributed by atoms with van der Waals surface area (Å²) in [5, 5.41) is 1.24. The number of pyridine rings is 1. The molecule has 0 amide bonds. The van der Waals surface area contributed by atoms with Gasteiger partial charge in [0.2, 0.25) is 0 Å². The molecule has 0 spiro atoms. The predicted molar refractivity (Wildman–Crippen MR) is 111 cm³/mol. The van der Waals surface area contributed by atoms with Crippen molar-refractivity contribution in [1.82, 2.24) is 9.55 Å². The van der Waals surface area contributed by atoms with Gasteiger partial charge in [0.25, 0.3) is 0 Å². The highest BCUT2D eigenvalue weighted by atomic mass is 35.5. The van der Waals surface area contributed by atoms with E-state index in [1.807, 2.05) is 24.4 Å². The van der Waals surface area contributed by atoms with Gasteiger partial charge in [-0.2, -0.15) is 0 Å². The molecule has 0 aliphatic heterocycles. The Morgan fingerprint density at radius 1 is 0.889 bits per heavy atom. The first-order valence-corrected chi connectivity index (χ1v) is 8.85.